The Hall–Kier alpha value is -4.17. The SMILES string of the molecule is CNc1nccc2c(-c3cc(-c4ccccc4F)nc4ncccc34)cnc(OCCO)c12. The minimum Gasteiger partial charge on any atom is -0.475 e. The Bertz CT molecular complexity index is 1470. The Kier molecular flexibility index (Phi) is 5.50. The molecule has 33 heavy (non-hydrogen) atoms. The van der Waals surface area contributed by atoms with Crippen LogP contribution in [0.4, 0.5) is 10.2 Å². The molecule has 4 aromatic heterocycles. The summed E-state index contributed by atoms with van der Waals surface area (Å²) in [5, 5.41) is 14.6. The Labute approximate surface area is 189 Å². The van der Waals surface area contributed by atoms with E-state index in [1.54, 1.807) is 43.8 Å². The lowest BCUT2D eigenvalue weighted by Gasteiger charge is -2.15. The normalized spacial score (nSPS) is 11.1. The van der Waals surface area contributed by atoms with E-state index in [1.165, 1.54) is 6.07 Å². The molecule has 0 bridgehead atoms. The molecule has 164 valence electrons. The molecule has 0 amide bonds. The topological polar surface area (TPSA) is 93.1 Å². The summed E-state index contributed by atoms with van der Waals surface area (Å²) < 4.78 is 20.3. The third-order valence-corrected chi connectivity index (χ3v) is 5.36. The molecule has 8 heteroatoms. The minimum absolute atomic E-state index is 0.110. The van der Waals surface area contributed by atoms with Crippen LogP contribution in [0.1, 0.15) is 0 Å². The Morgan fingerprint density at radius 3 is 2.64 bits per heavy atom. The zero-order valence-electron chi connectivity index (χ0n) is 17.8. The first-order valence-electron chi connectivity index (χ1n) is 10.4. The number of hydrogen-bond acceptors (Lipinski definition) is 7. The van der Waals surface area contributed by atoms with Gasteiger partial charge in [0.05, 0.1) is 17.7 Å². The average molecular weight is 441 g/mol. The van der Waals surface area contributed by atoms with Crippen molar-refractivity contribution in [3.8, 4) is 28.3 Å². The van der Waals surface area contributed by atoms with Gasteiger partial charge in [-0.2, -0.15) is 0 Å². The summed E-state index contributed by atoms with van der Waals surface area (Å²) in [5.74, 6) is 0.607. The van der Waals surface area contributed by atoms with Crippen LogP contribution in [-0.2, 0) is 0 Å². The second kappa shape index (κ2) is 8.76. The average Bonchev–Trinajstić information content (AvgIpc) is 2.86. The van der Waals surface area contributed by atoms with Crippen LogP contribution in [0.3, 0.4) is 0 Å². The highest BCUT2D eigenvalue weighted by Gasteiger charge is 2.18. The van der Waals surface area contributed by atoms with E-state index < -0.39 is 0 Å². The number of hydrogen-bond donors (Lipinski definition) is 2. The molecule has 0 fully saturated rings. The standard InChI is InChI=1S/C25H20FN5O2/c1-27-24-22-15(8-10-29-24)19(14-30-25(22)33-12-11-32)18-13-21(17-5-2-3-7-20(17)26)31-23-16(18)6-4-9-28-23/h2-10,13-14,32H,11-12H2,1H3,(H,27,29). The summed E-state index contributed by atoms with van der Waals surface area (Å²) in [7, 11) is 1.77. The second-order valence-electron chi connectivity index (χ2n) is 7.29. The molecule has 0 saturated heterocycles. The molecule has 7 nitrogen and oxygen atoms in total. The zero-order valence-corrected chi connectivity index (χ0v) is 17.8. The van der Waals surface area contributed by atoms with Crippen molar-refractivity contribution >= 4 is 27.6 Å². The predicted octanol–water partition coefficient (Wildman–Crippen LogP) is 4.46. The first-order valence-corrected chi connectivity index (χ1v) is 10.4. The van der Waals surface area contributed by atoms with Gasteiger partial charge in [0.1, 0.15) is 18.2 Å². The van der Waals surface area contributed by atoms with Crippen LogP contribution >= 0.6 is 0 Å². The number of aliphatic hydroxyl groups is 1. The Morgan fingerprint density at radius 1 is 0.939 bits per heavy atom. The molecule has 0 radical (unpaired) electrons. The molecular weight excluding hydrogens is 421 g/mol. The summed E-state index contributed by atoms with van der Waals surface area (Å²) >= 11 is 0. The highest BCUT2D eigenvalue weighted by Crippen LogP contribution is 2.39. The molecule has 4 heterocycles. The third-order valence-electron chi connectivity index (χ3n) is 5.36. The summed E-state index contributed by atoms with van der Waals surface area (Å²) in [6.07, 6.45) is 5.07. The van der Waals surface area contributed by atoms with E-state index >= 15 is 0 Å². The first kappa shape index (κ1) is 20.7. The van der Waals surface area contributed by atoms with Gasteiger partial charge < -0.3 is 15.2 Å². The van der Waals surface area contributed by atoms with Crippen LogP contribution in [0.2, 0.25) is 0 Å². The first-order chi connectivity index (χ1) is 16.2. The zero-order chi connectivity index (χ0) is 22.8. The lowest BCUT2D eigenvalue weighted by Crippen LogP contribution is -2.05. The van der Waals surface area contributed by atoms with Gasteiger partial charge in [-0.25, -0.2) is 24.3 Å². The second-order valence-corrected chi connectivity index (χ2v) is 7.29. The van der Waals surface area contributed by atoms with Crippen molar-refractivity contribution in [2.45, 2.75) is 0 Å². The Morgan fingerprint density at radius 2 is 1.82 bits per heavy atom. The third kappa shape index (κ3) is 3.70. The highest BCUT2D eigenvalue weighted by atomic mass is 19.1. The van der Waals surface area contributed by atoms with Crippen molar-refractivity contribution in [2.24, 2.45) is 0 Å². The summed E-state index contributed by atoms with van der Waals surface area (Å²) in [5.41, 5.74) is 2.99. The lowest BCUT2D eigenvalue weighted by atomic mass is 9.97. The van der Waals surface area contributed by atoms with Crippen LogP contribution in [0, 0.1) is 5.82 Å². The number of anilines is 1. The predicted molar refractivity (Wildman–Crippen MR) is 126 cm³/mol. The van der Waals surface area contributed by atoms with Crippen molar-refractivity contribution in [2.75, 3.05) is 25.6 Å². The van der Waals surface area contributed by atoms with Gasteiger partial charge in [0.25, 0.3) is 0 Å². The molecule has 0 atom stereocenters. The van der Waals surface area contributed by atoms with Gasteiger partial charge in [-0.3, -0.25) is 0 Å². The van der Waals surface area contributed by atoms with E-state index in [9.17, 15) is 9.50 Å². The molecule has 0 saturated carbocycles. The molecule has 1 aromatic carbocycles. The molecule has 2 N–H and O–H groups in total. The van der Waals surface area contributed by atoms with E-state index in [-0.39, 0.29) is 19.0 Å². The van der Waals surface area contributed by atoms with E-state index in [0.717, 1.165) is 21.9 Å². The molecule has 0 aliphatic heterocycles. The molecule has 0 aliphatic rings. The highest BCUT2D eigenvalue weighted by molar-refractivity contribution is 6.08. The van der Waals surface area contributed by atoms with Gasteiger partial charge in [-0.15, -0.1) is 0 Å². The molecule has 0 unspecified atom stereocenters. The number of fused-ring (bicyclic) bond motifs is 2. The van der Waals surface area contributed by atoms with E-state index in [4.69, 9.17) is 4.74 Å². The van der Waals surface area contributed by atoms with Crippen LogP contribution in [0.5, 0.6) is 5.88 Å². The number of ether oxygens (including phenoxy) is 1. The molecular formula is C25H20FN5O2. The minimum atomic E-state index is -0.358. The van der Waals surface area contributed by atoms with Gasteiger partial charge in [0.2, 0.25) is 5.88 Å². The van der Waals surface area contributed by atoms with Crippen molar-refractivity contribution < 1.29 is 14.2 Å². The number of rotatable bonds is 6. The number of aromatic nitrogens is 4. The van der Waals surface area contributed by atoms with Crippen molar-refractivity contribution in [3.05, 3.63) is 72.9 Å². The number of aliphatic hydroxyl groups excluding tert-OH is 1. The fourth-order valence-corrected chi connectivity index (χ4v) is 3.90. The van der Waals surface area contributed by atoms with Crippen LogP contribution < -0.4 is 10.1 Å². The number of benzene rings is 1. The van der Waals surface area contributed by atoms with Crippen molar-refractivity contribution in [3.63, 3.8) is 0 Å². The van der Waals surface area contributed by atoms with Crippen LogP contribution in [-0.4, -0.2) is 45.3 Å². The monoisotopic (exact) mass is 441 g/mol. The number of nitrogens with one attached hydrogen (secondary N) is 1. The maximum atomic E-state index is 14.6. The largest absolute Gasteiger partial charge is 0.475 e. The number of halogens is 1. The maximum Gasteiger partial charge on any atom is 0.225 e. The van der Waals surface area contributed by atoms with Crippen molar-refractivity contribution in [1.29, 1.82) is 0 Å². The van der Waals surface area contributed by atoms with E-state index in [2.05, 4.69) is 25.3 Å². The van der Waals surface area contributed by atoms with Gasteiger partial charge in [-0.1, -0.05) is 12.1 Å². The van der Waals surface area contributed by atoms with Crippen LogP contribution in [0.15, 0.2) is 67.1 Å². The maximum absolute atomic E-state index is 14.6. The fraction of sp³-hybridized carbons (Fsp3) is 0.120. The van der Waals surface area contributed by atoms with Gasteiger partial charge in [0.15, 0.2) is 5.65 Å². The molecule has 0 spiro atoms. The smallest absolute Gasteiger partial charge is 0.225 e. The lowest BCUT2D eigenvalue weighted by molar-refractivity contribution is 0.198. The number of nitrogens with zero attached hydrogens (tertiary/aromatic N) is 4. The molecule has 5 rings (SSSR count). The van der Waals surface area contributed by atoms with Crippen LogP contribution in [0.25, 0.3) is 44.2 Å². The van der Waals surface area contributed by atoms with E-state index in [0.29, 0.717) is 34.0 Å². The quantitative estimate of drug-likeness (QED) is 0.402. The molecule has 5 aromatic rings. The summed E-state index contributed by atoms with van der Waals surface area (Å²) in [4.78, 5) is 18.0. The van der Waals surface area contributed by atoms with E-state index in [1.807, 2.05) is 24.3 Å². The Balaban J connectivity index is 1.83. The summed E-state index contributed by atoms with van der Waals surface area (Å²) in [6, 6.07) is 14.0. The summed E-state index contributed by atoms with van der Waals surface area (Å²) in [6.45, 7) is -0.0221. The van der Waals surface area contributed by atoms with Gasteiger partial charge in [-0.05, 0) is 42.0 Å². The van der Waals surface area contributed by atoms with Crippen molar-refractivity contribution in [1.82, 2.24) is 19.9 Å². The van der Waals surface area contributed by atoms with Gasteiger partial charge >= 0.3 is 0 Å². The number of pyridine rings is 4. The fourth-order valence-electron chi connectivity index (χ4n) is 3.90. The van der Waals surface area contributed by atoms with Gasteiger partial charge in [0, 0.05) is 47.5 Å². The molecule has 0 aliphatic carbocycles.